The summed E-state index contributed by atoms with van der Waals surface area (Å²) in [5.74, 6) is -5.94. The molecular weight excluding hydrogens is 1130 g/mol. The Hall–Kier alpha value is -8.69. The minimum atomic E-state index is -1.43. The number of primary amides is 1. The van der Waals surface area contributed by atoms with Crippen LogP contribution in [0.5, 0.6) is 0 Å². The average molecular weight is 1210 g/mol. The third-order valence-electron chi connectivity index (χ3n) is 15.2. The number of amides is 11. The summed E-state index contributed by atoms with van der Waals surface area (Å²) in [7, 11) is 0. The van der Waals surface area contributed by atoms with E-state index in [0.29, 0.717) is 42.5 Å². The molecule has 0 saturated carbocycles. The molecule has 16 N–H and O–H groups in total. The number of aromatic amines is 2. The van der Waals surface area contributed by atoms with Crippen LogP contribution in [0, 0.1) is 0 Å². The van der Waals surface area contributed by atoms with Crippen molar-refractivity contribution in [1.82, 2.24) is 67.3 Å². The molecule has 0 unspecified atom stereocenters. The maximum absolute atomic E-state index is 14.9. The lowest BCUT2D eigenvalue weighted by Crippen LogP contribution is -2.60. The fraction of sp³-hybridized carbons (Fsp3) is 0.517. The summed E-state index contributed by atoms with van der Waals surface area (Å²) in [5, 5.41) is 23.7. The lowest BCUT2D eigenvalue weighted by atomic mass is 10.0. The number of hydrogen-bond acceptors (Lipinski definition) is 13. The molecule has 3 aliphatic heterocycles. The minimum absolute atomic E-state index is 0.0172. The topological polar surface area (TPSA) is 408 Å². The molecule has 4 aromatic rings. The largest absolute Gasteiger partial charge is 0.370 e. The van der Waals surface area contributed by atoms with Gasteiger partial charge in [0.2, 0.25) is 53.2 Å². The Kier molecular flexibility index (Phi) is 24.6. The summed E-state index contributed by atoms with van der Waals surface area (Å²) in [6.07, 6.45) is 8.22. The molecule has 2 aromatic heterocycles. The van der Waals surface area contributed by atoms with E-state index in [0.717, 1.165) is 28.0 Å². The van der Waals surface area contributed by atoms with Gasteiger partial charge >= 0.3 is 6.03 Å². The predicted molar refractivity (Wildman–Crippen MR) is 322 cm³/mol. The Morgan fingerprint density at radius 1 is 0.756 bits per heavy atom. The van der Waals surface area contributed by atoms with Crippen LogP contribution in [0.3, 0.4) is 0 Å². The van der Waals surface area contributed by atoms with Crippen LogP contribution in [0.25, 0.3) is 10.9 Å². The first-order valence-electron chi connectivity index (χ1n) is 29.4. The van der Waals surface area contributed by atoms with Gasteiger partial charge in [-0.3, -0.25) is 48.1 Å². The van der Waals surface area contributed by atoms with Crippen molar-refractivity contribution in [1.29, 1.82) is 0 Å². The van der Waals surface area contributed by atoms with Gasteiger partial charge in [-0.2, -0.15) is 11.8 Å². The van der Waals surface area contributed by atoms with E-state index in [2.05, 4.69) is 62.5 Å². The number of nitrogens with zero attached hydrogens (tertiary/aromatic N) is 4. The summed E-state index contributed by atoms with van der Waals surface area (Å²) in [6, 6.07) is 9.36. The Balaban J connectivity index is 1.18. The number of H-pyrrole nitrogens is 2. The van der Waals surface area contributed by atoms with Gasteiger partial charge in [0.05, 0.1) is 25.0 Å². The SMILES string of the molecule is CCCC[C@H](NC(=O)CCCC[C@@H]1SC[C@@H]2NC(=O)N[C@@H]21)C(=O)N1CC(=O)NCCCCN(CC(N)=O)C(=O)[C@H](Cc2c[nH]c3ccccc23)NC(=O)[C@H](CCCN=C(N)N)NC(=O)[C@@H](Cc2ccccc2)NC(=O)[C@H](Cc2cnc[nH]2)NC(=O)C1. The van der Waals surface area contributed by atoms with E-state index >= 15 is 0 Å². The van der Waals surface area contributed by atoms with Gasteiger partial charge in [0.15, 0.2) is 5.96 Å². The standard InChI is InChI=1S/C58H81N17O10S/c1-2-3-17-41(67-48(77)21-10-9-20-46-51-45(33-86-46)72-58(85)73-51)55(83)75-31-49(78)63-22-11-12-24-74(30-47(59)76)56(84)44(26-36-28-65-39-18-8-7-16-38(36)39)71-52(80)40(19-13-23-64-57(60)61)69-53(81)42(25-35-14-5-4-6-15-35)70-54(82)43(68-50(79)32-75)27-37-29-62-34-66-37/h4-8,14-16,18,28-29,34,40-46,51,65H,2-3,9-13,17,19-27,30-33H2,1H3,(H2,59,76)(H,62,66)(H,63,78)(H,67,77)(H,68,79)(H,69,81)(H,70,82)(H,71,80)(H4,60,61,64)(H2,72,73,85)/t40-,41-,42+,43-,44-,45-,46-,51-/m0/s1. The number of rotatable bonds is 22. The third kappa shape index (κ3) is 19.7. The van der Waals surface area contributed by atoms with E-state index in [1.54, 1.807) is 48.3 Å². The highest BCUT2D eigenvalue weighted by atomic mass is 32.2. The maximum Gasteiger partial charge on any atom is 0.315 e. The smallest absolute Gasteiger partial charge is 0.315 e. The van der Waals surface area contributed by atoms with Crippen LogP contribution in [0.1, 0.15) is 94.4 Å². The molecule has 5 heterocycles. The van der Waals surface area contributed by atoms with Crippen LogP contribution in [0.2, 0.25) is 0 Å². The number of thioether (sulfide) groups is 1. The normalized spacial score (nSPS) is 22.5. The molecule has 0 spiro atoms. The fourth-order valence-corrected chi connectivity index (χ4v) is 12.4. The zero-order chi connectivity index (χ0) is 61.5. The van der Waals surface area contributed by atoms with Crippen LogP contribution >= 0.6 is 11.8 Å². The second-order valence-electron chi connectivity index (χ2n) is 21.9. The molecule has 7 rings (SSSR count). The van der Waals surface area contributed by atoms with Gasteiger partial charge in [-0.05, 0) is 62.1 Å². The lowest BCUT2D eigenvalue weighted by molar-refractivity contribution is -0.142. The van der Waals surface area contributed by atoms with Crippen molar-refractivity contribution in [2.24, 2.45) is 22.2 Å². The Morgan fingerprint density at radius 3 is 2.22 bits per heavy atom. The van der Waals surface area contributed by atoms with Crippen molar-refractivity contribution in [2.75, 3.05) is 45.0 Å². The molecule has 0 radical (unpaired) electrons. The van der Waals surface area contributed by atoms with Gasteiger partial charge in [-0.15, -0.1) is 0 Å². The van der Waals surface area contributed by atoms with E-state index in [1.807, 2.05) is 31.2 Å². The first-order valence-corrected chi connectivity index (χ1v) is 30.4. The van der Waals surface area contributed by atoms with Gasteiger partial charge < -0.3 is 79.5 Å². The number of carbonyl (C=O) groups is 10. The number of fused-ring (bicyclic) bond motifs is 2. The first-order chi connectivity index (χ1) is 41.4. The van der Waals surface area contributed by atoms with E-state index in [9.17, 15) is 47.9 Å². The Labute approximate surface area is 502 Å². The quantitative estimate of drug-likeness (QED) is 0.0202. The third-order valence-corrected chi connectivity index (χ3v) is 16.7. The number of nitrogens with two attached hydrogens (primary N) is 3. The molecular formula is C58H81N17O10S. The van der Waals surface area contributed by atoms with Crippen LogP contribution < -0.4 is 59.7 Å². The van der Waals surface area contributed by atoms with E-state index < -0.39 is 103 Å². The second-order valence-corrected chi connectivity index (χ2v) is 23.2. The average Bonchev–Trinajstić information content (AvgIpc) is 2.46. The van der Waals surface area contributed by atoms with Gasteiger partial charge in [-0.25, -0.2) is 9.78 Å². The number of imidazole rings is 1. The van der Waals surface area contributed by atoms with Crippen LogP contribution in [-0.2, 0) is 62.4 Å². The second kappa shape index (κ2) is 32.6. The van der Waals surface area contributed by atoms with Crippen molar-refractivity contribution >= 4 is 87.8 Å². The number of nitrogens with one attached hydrogen (secondary N) is 10. The highest BCUT2D eigenvalue weighted by molar-refractivity contribution is 8.00. The van der Waals surface area contributed by atoms with E-state index in [4.69, 9.17) is 17.2 Å². The summed E-state index contributed by atoms with van der Waals surface area (Å²) >= 11 is 1.77. The number of unbranched alkanes of at least 4 members (excludes halogenated alkanes) is 2. The summed E-state index contributed by atoms with van der Waals surface area (Å²) in [4.78, 5) is 157. The monoisotopic (exact) mass is 1210 g/mol. The number of urea groups is 1. The number of aromatic nitrogens is 3. The highest BCUT2D eigenvalue weighted by Gasteiger charge is 2.43. The fourth-order valence-electron chi connectivity index (χ4n) is 10.8. The lowest BCUT2D eigenvalue weighted by Gasteiger charge is -2.29. The predicted octanol–water partition coefficient (Wildman–Crippen LogP) is -0.635. The van der Waals surface area contributed by atoms with E-state index in [-0.39, 0.29) is 107 Å². The molecule has 2 aromatic carbocycles. The van der Waals surface area contributed by atoms with Crippen molar-refractivity contribution in [2.45, 2.75) is 144 Å². The van der Waals surface area contributed by atoms with Crippen molar-refractivity contribution in [3.8, 4) is 0 Å². The maximum atomic E-state index is 14.9. The number of aliphatic imine (C=N–C) groups is 1. The Morgan fingerprint density at radius 2 is 1.48 bits per heavy atom. The summed E-state index contributed by atoms with van der Waals surface area (Å²) in [5.41, 5.74) is 19.4. The molecule has 464 valence electrons. The number of hydrogen-bond donors (Lipinski definition) is 13. The number of para-hydroxylation sites is 1. The molecule has 3 saturated heterocycles. The zero-order valence-electron chi connectivity index (χ0n) is 48.4. The van der Waals surface area contributed by atoms with Crippen LogP contribution in [0.4, 0.5) is 4.79 Å². The highest BCUT2D eigenvalue weighted by Crippen LogP contribution is 2.33. The molecule has 86 heavy (non-hydrogen) atoms. The molecule has 0 aliphatic carbocycles. The molecule has 0 bridgehead atoms. The van der Waals surface area contributed by atoms with Crippen LogP contribution in [0.15, 0.2) is 78.3 Å². The minimum Gasteiger partial charge on any atom is -0.370 e. The van der Waals surface area contributed by atoms with Gasteiger partial charge in [-0.1, -0.05) is 74.7 Å². The number of benzene rings is 2. The van der Waals surface area contributed by atoms with E-state index in [1.165, 1.54) is 17.4 Å². The number of guanidine groups is 1. The van der Waals surface area contributed by atoms with Crippen molar-refractivity contribution in [3.05, 3.63) is 90.1 Å². The van der Waals surface area contributed by atoms with Crippen molar-refractivity contribution in [3.63, 3.8) is 0 Å². The molecule has 3 aliphatic rings. The summed E-state index contributed by atoms with van der Waals surface area (Å²) in [6.45, 7) is 0.0599. The van der Waals surface area contributed by atoms with Gasteiger partial charge in [0.1, 0.15) is 43.3 Å². The summed E-state index contributed by atoms with van der Waals surface area (Å²) < 4.78 is 0. The first kappa shape index (κ1) is 64.9. The molecule has 3 fully saturated rings. The van der Waals surface area contributed by atoms with Gasteiger partial charge in [0.25, 0.3) is 0 Å². The van der Waals surface area contributed by atoms with Crippen molar-refractivity contribution < 1.29 is 47.9 Å². The zero-order valence-corrected chi connectivity index (χ0v) is 49.2. The molecule has 28 heteroatoms. The molecule has 11 amide bonds. The molecule has 27 nitrogen and oxygen atoms in total. The number of carbonyl (C=O) groups excluding carboxylic acids is 10. The van der Waals surface area contributed by atoms with Gasteiger partial charge in [0, 0.05) is 85.3 Å². The van der Waals surface area contributed by atoms with Crippen LogP contribution in [-0.4, -0.2) is 182 Å². The Bertz CT molecular complexity index is 3010. The molecule has 8 atom stereocenters.